The molecule has 1 amide bonds. The topological polar surface area (TPSA) is 53.4 Å². The van der Waals surface area contributed by atoms with Gasteiger partial charge in [0.25, 0.3) is 11.7 Å². The number of nitrogens with zero attached hydrogens (tertiary/aromatic N) is 2. The summed E-state index contributed by atoms with van der Waals surface area (Å²) in [5.41, 5.74) is 0.198. The van der Waals surface area contributed by atoms with Crippen LogP contribution in [0.4, 0.5) is 8.78 Å². The highest BCUT2D eigenvalue weighted by Crippen LogP contribution is 2.29. The number of carbonyl (C=O) groups excluding carboxylic acids is 1. The van der Waals surface area contributed by atoms with Gasteiger partial charge in [0.1, 0.15) is 5.03 Å². The van der Waals surface area contributed by atoms with E-state index >= 15 is 0 Å². The molecule has 0 aromatic carbocycles. The summed E-state index contributed by atoms with van der Waals surface area (Å²) in [5, 5.41) is 9.59. The maximum atomic E-state index is 12.5. The number of hydrogen-bond acceptors (Lipinski definition) is 4. The molecule has 2 rings (SSSR count). The molecule has 1 fully saturated rings. The molecule has 0 bridgehead atoms. The number of hydrogen-bond donors (Lipinski definition) is 1. The summed E-state index contributed by atoms with van der Waals surface area (Å²) >= 11 is 0.278. The van der Waals surface area contributed by atoms with Crippen LogP contribution in [0.25, 0.3) is 0 Å². The summed E-state index contributed by atoms with van der Waals surface area (Å²) in [4.78, 5) is 17.8. The maximum absolute atomic E-state index is 12.5. The third-order valence-electron chi connectivity index (χ3n) is 3.40. The summed E-state index contributed by atoms with van der Waals surface area (Å²) in [5.74, 6) is -2.87. The summed E-state index contributed by atoms with van der Waals surface area (Å²) in [6.07, 6.45) is 1.64. The van der Waals surface area contributed by atoms with Gasteiger partial charge in [-0.15, -0.1) is 0 Å². The molecule has 7 heteroatoms. The van der Waals surface area contributed by atoms with E-state index in [4.69, 9.17) is 0 Å². The molecular weight excluding hydrogens is 286 g/mol. The summed E-state index contributed by atoms with van der Waals surface area (Å²) in [6, 6.07) is 3.07. The Morgan fingerprint density at radius 2 is 2.35 bits per heavy atom. The Hall–Kier alpha value is -1.21. The minimum Gasteiger partial charge on any atom is -0.393 e. The second-order valence-corrected chi connectivity index (χ2v) is 5.75. The first-order valence-corrected chi connectivity index (χ1v) is 7.24. The minimum absolute atomic E-state index is 0.0434. The van der Waals surface area contributed by atoms with E-state index in [0.717, 1.165) is 6.42 Å². The van der Waals surface area contributed by atoms with Crippen molar-refractivity contribution >= 4 is 17.7 Å². The lowest BCUT2D eigenvalue weighted by Gasteiger charge is -2.18. The van der Waals surface area contributed by atoms with E-state index < -0.39 is 11.9 Å². The molecule has 1 N–H and O–H groups in total. The first-order valence-electron chi connectivity index (χ1n) is 6.36. The zero-order valence-electron chi connectivity index (χ0n) is 11.0. The molecule has 4 nitrogen and oxygen atoms in total. The van der Waals surface area contributed by atoms with Crippen LogP contribution in [0, 0.1) is 5.92 Å². The molecule has 1 saturated heterocycles. The van der Waals surface area contributed by atoms with Gasteiger partial charge in [-0.1, -0.05) is 0 Å². The third-order valence-corrected chi connectivity index (χ3v) is 4.12. The summed E-state index contributed by atoms with van der Waals surface area (Å²) in [6.45, 7) is 2.67. The molecule has 1 aliphatic heterocycles. The van der Waals surface area contributed by atoms with Gasteiger partial charge >= 0.3 is 0 Å². The fourth-order valence-corrected chi connectivity index (χ4v) is 2.84. The molecule has 110 valence electrons. The van der Waals surface area contributed by atoms with E-state index in [1.807, 2.05) is 0 Å². The highest BCUT2D eigenvalue weighted by Gasteiger charge is 2.31. The molecule has 20 heavy (non-hydrogen) atoms. The van der Waals surface area contributed by atoms with Gasteiger partial charge in [0.15, 0.2) is 0 Å². The zero-order chi connectivity index (χ0) is 14.7. The molecule has 2 unspecified atom stereocenters. The van der Waals surface area contributed by atoms with Crippen LogP contribution >= 0.6 is 11.8 Å². The Bertz CT molecular complexity index is 485. The van der Waals surface area contributed by atoms with Gasteiger partial charge in [0.05, 0.1) is 11.7 Å². The molecular formula is C13H16F2N2O2S. The highest BCUT2D eigenvalue weighted by molar-refractivity contribution is 7.99. The van der Waals surface area contributed by atoms with E-state index in [9.17, 15) is 18.7 Å². The Morgan fingerprint density at radius 3 is 2.95 bits per heavy atom. The van der Waals surface area contributed by atoms with Crippen molar-refractivity contribution in [1.82, 2.24) is 9.88 Å². The van der Waals surface area contributed by atoms with Crippen LogP contribution in [0.15, 0.2) is 23.4 Å². The second-order valence-electron chi connectivity index (χ2n) is 4.78. The van der Waals surface area contributed by atoms with E-state index in [-0.39, 0.29) is 34.2 Å². The van der Waals surface area contributed by atoms with Gasteiger partial charge in [0.2, 0.25) is 0 Å². The number of carbonyl (C=O) groups is 1. The Kier molecular flexibility index (Phi) is 4.93. The number of halogens is 2. The smallest absolute Gasteiger partial charge is 0.290 e. The first kappa shape index (κ1) is 15.2. The normalized spacial score (nSPS) is 20.4. The monoisotopic (exact) mass is 302 g/mol. The van der Waals surface area contributed by atoms with Gasteiger partial charge in [0, 0.05) is 25.2 Å². The number of alkyl halides is 2. The summed E-state index contributed by atoms with van der Waals surface area (Å²) < 4.78 is 24.9. The van der Waals surface area contributed by atoms with Crippen LogP contribution in [0.3, 0.4) is 0 Å². The van der Waals surface area contributed by atoms with E-state index in [0.29, 0.717) is 13.1 Å². The van der Waals surface area contributed by atoms with Crippen molar-refractivity contribution in [3.05, 3.63) is 23.9 Å². The highest BCUT2D eigenvalue weighted by atomic mass is 32.2. The largest absolute Gasteiger partial charge is 0.393 e. The molecule has 0 saturated carbocycles. The van der Waals surface area contributed by atoms with Gasteiger partial charge in [-0.25, -0.2) is 4.98 Å². The van der Waals surface area contributed by atoms with Crippen LogP contribution in [0.2, 0.25) is 0 Å². The third kappa shape index (κ3) is 3.46. The average molecular weight is 302 g/mol. The lowest BCUT2D eigenvalue weighted by Crippen LogP contribution is -2.30. The van der Waals surface area contributed by atoms with Gasteiger partial charge in [-0.2, -0.15) is 8.78 Å². The molecule has 0 radical (unpaired) electrons. The molecule has 1 aliphatic rings. The standard InChI is InChI=1S/C13H16F2N2O2S/c1-8(18)9-4-6-17(7-9)12(19)10-3-2-5-16-11(10)20-13(14)15/h2-3,5,8-9,13,18H,4,6-7H2,1H3. The van der Waals surface area contributed by atoms with Crippen molar-refractivity contribution in [2.24, 2.45) is 5.92 Å². The maximum Gasteiger partial charge on any atom is 0.290 e. The van der Waals surface area contributed by atoms with Crippen molar-refractivity contribution < 1.29 is 18.7 Å². The Balaban J connectivity index is 2.14. The number of aliphatic hydroxyl groups excluding tert-OH is 1. The number of rotatable bonds is 4. The molecule has 1 aromatic heterocycles. The van der Waals surface area contributed by atoms with E-state index in [1.165, 1.54) is 12.3 Å². The van der Waals surface area contributed by atoms with Crippen LogP contribution in [-0.4, -0.2) is 45.8 Å². The van der Waals surface area contributed by atoms with Crippen molar-refractivity contribution in [3.63, 3.8) is 0 Å². The number of pyridine rings is 1. The minimum atomic E-state index is -2.61. The fraction of sp³-hybridized carbons (Fsp3) is 0.538. The van der Waals surface area contributed by atoms with Gasteiger partial charge in [-0.3, -0.25) is 4.79 Å². The lowest BCUT2D eigenvalue weighted by atomic mass is 10.0. The van der Waals surface area contributed by atoms with Crippen molar-refractivity contribution in [2.45, 2.75) is 30.2 Å². The number of aliphatic hydroxyl groups is 1. The van der Waals surface area contributed by atoms with Crippen LogP contribution < -0.4 is 0 Å². The predicted octanol–water partition coefficient (Wildman–Crippen LogP) is 2.24. The van der Waals surface area contributed by atoms with Crippen LogP contribution in [0.1, 0.15) is 23.7 Å². The SMILES string of the molecule is CC(O)C1CCN(C(=O)c2cccnc2SC(F)F)C1. The Labute approximate surface area is 120 Å². The predicted molar refractivity (Wildman–Crippen MR) is 71.8 cm³/mol. The zero-order valence-corrected chi connectivity index (χ0v) is 11.8. The van der Waals surface area contributed by atoms with Crippen molar-refractivity contribution in [3.8, 4) is 0 Å². The molecule has 0 spiro atoms. The number of aromatic nitrogens is 1. The van der Waals surface area contributed by atoms with E-state index in [2.05, 4.69) is 4.98 Å². The average Bonchev–Trinajstić information content (AvgIpc) is 2.87. The molecule has 1 aromatic rings. The second kappa shape index (κ2) is 6.49. The van der Waals surface area contributed by atoms with Crippen molar-refractivity contribution in [1.29, 1.82) is 0 Å². The molecule has 0 aliphatic carbocycles. The Morgan fingerprint density at radius 1 is 1.60 bits per heavy atom. The molecule has 2 heterocycles. The lowest BCUT2D eigenvalue weighted by molar-refractivity contribution is 0.0758. The van der Waals surface area contributed by atoms with Crippen LogP contribution in [0.5, 0.6) is 0 Å². The van der Waals surface area contributed by atoms with Gasteiger partial charge < -0.3 is 10.0 Å². The van der Waals surface area contributed by atoms with Crippen LogP contribution in [-0.2, 0) is 0 Å². The van der Waals surface area contributed by atoms with Crippen molar-refractivity contribution in [2.75, 3.05) is 13.1 Å². The number of amides is 1. The summed E-state index contributed by atoms with van der Waals surface area (Å²) in [7, 11) is 0. The van der Waals surface area contributed by atoms with E-state index in [1.54, 1.807) is 17.9 Å². The van der Waals surface area contributed by atoms with Gasteiger partial charge in [-0.05, 0) is 37.2 Å². The molecule has 2 atom stereocenters. The quantitative estimate of drug-likeness (QED) is 0.867. The fourth-order valence-electron chi connectivity index (χ4n) is 2.27. The first-order chi connectivity index (χ1) is 9.49. The number of likely N-dealkylation sites (tertiary alicyclic amines) is 1. The number of thioether (sulfide) groups is 1.